The lowest BCUT2D eigenvalue weighted by Crippen LogP contribution is -2.34. The molecule has 0 radical (unpaired) electrons. The molecule has 5 heteroatoms. The molecule has 0 unspecified atom stereocenters. The van der Waals surface area contributed by atoms with E-state index >= 15 is 0 Å². The maximum absolute atomic E-state index is 10.8. The molecule has 0 aromatic heterocycles. The number of nitro groups is 1. The molecule has 0 atom stereocenters. The standard InChI is InChI=1S/C11H13BrN2O2/c12-9-4-5-11(14(15)16)8(6-9)7-13-10-2-1-3-10/h4-6,10,13H,1-3,7H2. The second kappa shape index (κ2) is 4.93. The molecule has 0 spiro atoms. The van der Waals surface area contributed by atoms with E-state index in [1.54, 1.807) is 12.1 Å². The van der Waals surface area contributed by atoms with Crippen LogP contribution < -0.4 is 5.32 Å². The number of nitro benzene ring substituents is 1. The van der Waals surface area contributed by atoms with Crippen LogP contribution in [-0.4, -0.2) is 11.0 Å². The Balaban J connectivity index is 2.09. The number of halogens is 1. The second-order valence-corrected chi connectivity index (χ2v) is 4.95. The molecule has 1 aliphatic carbocycles. The first kappa shape index (κ1) is 11.5. The largest absolute Gasteiger partial charge is 0.310 e. The van der Waals surface area contributed by atoms with E-state index in [9.17, 15) is 10.1 Å². The van der Waals surface area contributed by atoms with Gasteiger partial charge in [0.15, 0.2) is 0 Å². The Bertz CT molecular complexity index is 405. The van der Waals surface area contributed by atoms with Gasteiger partial charge in [-0.25, -0.2) is 0 Å². The van der Waals surface area contributed by atoms with Crippen molar-refractivity contribution in [2.45, 2.75) is 31.8 Å². The first-order valence-electron chi connectivity index (χ1n) is 5.33. The summed E-state index contributed by atoms with van der Waals surface area (Å²) in [6.45, 7) is 0.570. The Kier molecular flexibility index (Phi) is 3.56. The Morgan fingerprint density at radius 1 is 1.50 bits per heavy atom. The Labute approximate surface area is 102 Å². The lowest BCUT2D eigenvalue weighted by Gasteiger charge is -2.26. The Morgan fingerprint density at radius 2 is 2.25 bits per heavy atom. The van der Waals surface area contributed by atoms with Gasteiger partial charge in [0, 0.05) is 28.7 Å². The van der Waals surface area contributed by atoms with Crippen LogP contribution in [0.3, 0.4) is 0 Å². The van der Waals surface area contributed by atoms with Gasteiger partial charge in [0.2, 0.25) is 0 Å². The summed E-state index contributed by atoms with van der Waals surface area (Å²) < 4.78 is 0.878. The molecule has 1 N–H and O–H groups in total. The maximum Gasteiger partial charge on any atom is 0.273 e. The van der Waals surface area contributed by atoms with Gasteiger partial charge in [-0.05, 0) is 25.0 Å². The number of benzene rings is 1. The van der Waals surface area contributed by atoms with Crippen LogP contribution in [0, 0.1) is 10.1 Å². The molecule has 86 valence electrons. The van der Waals surface area contributed by atoms with Gasteiger partial charge in [-0.2, -0.15) is 0 Å². The van der Waals surface area contributed by atoms with E-state index in [1.807, 2.05) is 6.07 Å². The Hall–Kier alpha value is -0.940. The van der Waals surface area contributed by atoms with Crippen molar-refractivity contribution in [1.82, 2.24) is 5.32 Å². The van der Waals surface area contributed by atoms with Gasteiger partial charge in [0.25, 0.3) is 5.69 Å². The van der Waals surface area contributed by atoms with Gasteiger partial charge in [0.1, 0.15) is 0 Å². The molecule has 0 amide bonds. The van der Waals surface area contributed by atoms with Crippen LogP contribution in [-0.2, 0) is 6.54 Å². The lowest BCUT2D eigenvalue weighted by molar-refractivity contribution is -0.385. The predicted octanol–water partition coefficient (Wildman–Crippen LogP) is 3.00. The smallest absolute Gasteiger partial charge is 0.273 e. The number of rotatable bonds is 4. The summed E-state index contributed by atoms with van der Waals surface area (Å²) in [7, 11) is 0. The van der Waals surface area contributed by atoms with Crippen molar-refractivity contribution in [3.63, 3.8) is 0 Å². The summed E-state index contributed by atoms with van der Waals surface area (Å²) in [6, 6.07) is 5.59. The molecule has 0 bridgehead atoms. The van der Waals surface area contributed by atoms with Crippen molar-refractivity contribution >= 4 is 21.6 Å². The molecular weight excluding hydrogens is 272 g/mol. The summed E-state index contributed by atoms with van der Waals surface area (Å²) in [5, 5.41) is 14.2. The van der Waals surface area contributed by atoms with E-state index in [2.05, 4.69) is 21.2 Å². The molecule has 0 saturated heterocycles. The zero-order valence-corrected chi connectivity index (χ0v) is 10.4. The predicted molar refractivity (Wildman–Crippen MR) is 65.3 cm³/mol. The summed E-state index contributed by atoms with van der Waals surface area (Å²) in [5.74, 6) is 0. The van der Waals surface area contributed by atoms with E-state index in [0.717, 1.165) is 10.0 Å². The number of nitrogens with zero attached hydrogens (tertiary/aromatic N) is 1. The van der Waals surface area contributed by atoms with Crippen LogP contribution >= 0.6 is 15.9 Å². The molecule has 1 aromatic carbocycles. The maximum atomic E-state index is 10.8. The van der Waals surface area contributed by atoms with E-state index < -0.39 is 0 Å². The average Bonchev–Trinajstić information content (AvgIpc) is 2.14. The minimum absolute atomic E-state index is 0.190. The SMILES string of the molecule is O=[N+]([O-])c1ccc(Br)cc1CNC1CCC1. The minimum Gasteiger partial charge on any atom is -0.310 e. The quantitative estimate of drug-likeness (QED) is 0.683. The highest BCUT2D eigenvalue weighted by Gasteiger charge is 2.19. The van der Waals surface area contributed by atoms with Crippen molar-refractivity contribution in [2.75, 3.05) is 0 Å². The van der Waals surface area contributed by atoms with Crippen LogP contribution in [0.2, 0.25) is 0 Å². The highest BCUT2D eigenvalue weighted by molar-refractivity contribution is 9.10. The van der Waals surface area contributed by atoms with Crippen LogP contribution in [0.1, 0.15) is 24.8 Å². The fraction of sp³-hybridized carbons (Fsp3) is 0.455. The van der Waals surface area contributed by atoms with E-state index in [0.29, 0.717) is 12.6 Å². The first-order chi connectivity index (χ1) is 7.66. The van der Waals surface area contributed by atoms with Gasteiger partial charge in [0.05, 0.1) is 4.92 Å². The fourth-order valence-electron chi connectivity index (χ4n) is 1.74. The highest BCUT2D eigenvalue weighted by Crippen LogP contribution is 2.24. The van der Waals surface area contributed by atoms with Crippen LogP contribution in [0.15, 0.2) is 22.7 Å². The number of hydrogen-bond donors (Lipinski definition) is 1. The molecule has 1 saturated carbocycles. The zero-order chi connectivity index (χ0) is 11.5. The van der Waals surface area contributed by atoms with E-state index in [4.69, 9.17) is 0 Å². The fourth-order valence-corrected chi connectivity index (χ4v) is 2.15. The van der Waals surface area contributed by atoms with Gasteiger partial charge in [-0.3, -0.25) is 10.1 Å². The Morgan fingerprint density at radius 3 is 2.81 bits per heavy atom. The van der Waals surface area contributed by atoms with Crippen LogP contribution in [0.25, 0.3) is 0 Å². The molecule has 2 rings (SSSR count). The number of hydrogen-bond acceptors (Lipinski definition) is 3. The summed E-state index contributed by atoms with van der Waals surface area (Å²) >= 11 is 3.33. The highest BCUT2D eigenvalue weighted by atomic mass is 79.9. The normalized spacial score (nSPS) is 15.8. The van der Waals surface area contributed by atoms with E-state index in [1.165, 1.54) is 19.3 Å². The molecule has 16 heavy (non-hydrogen) atoms. The van der Waals surface area contributed by atoms with Crippen molar-refractivity contribution in [3.05, 3.63) is 38.3 Å². The van der Waals surface area contributed by atoms with Crippen molar-refractivity contribution in [2.24, 2.45) is 0 Å². The summed E-state index contributed by atoms with van der Waals surface area (Å²) in [6.07, 6.45) is 3.63. The molecule has 0 heterocycles. The first-order valence-corrected chi connectivity index (χ1v) is 6.12. The van der Waals surface area contributed by atoms with Gasteiger partial charge < -0.3 is 5.32 Å². The molecule has 1 aliphatic rings. The monoisotopic (exact) mass is 284 g/mol. The van der Waals surface area contributed by atoms with Crippen molar-refractivity contribution in [3.8, 4) is 0 Å². The zero-order valence-electron chi connectivity index (χ0n) is 8.78. The molecular formula is C11H13BrN2O2. The van der Waals surface area contributed by atoms with Gasteiger partial charge in [-0.1, -0.05) is 22.4 Å². The van der Waals surface area contributed by atoms with Gasteiger partial charge in [-0.15, -0.1) is 0 Å². The van der Waals surface area contributed by atoms with Crippen molar-refractivity contribution < 1.29 is 4.92 Å². The third kappa shape index (κ3) is 2.59. The van der Waals surface area contributed by atoms with E-state index in [-0.39, 0.29) is 10.6 Å². The molecule has 1 aromatic rings. The topological polar surface area (TPSA) is 55.2 Å². The second-order valence-electron chi connectivity index (χ2n) is 4.04. The molecule has 4 nitrogen and oxygen atoms in total. The third-order valence-electron chi connectivity index (χ3n) is 2.92. The van der Waals surface area contributed by atoms with Crippen molar-refractivity contribution in [1.29, 1.82) is 0 Å². The van der Waals surface area contributed by atoms with Gasteiger partial charge >= 0.3 is 0 Å². The number of nitrogens with one attached hydrogen (secondary N) is 1. The third-order valence-corrected chi connectivity index (χ3v) is 3.42. The lowest BCUT2D eigenvalue weighted by atomic mass is 9.93. The minimum atomic E-state index is -0.329. The summed E-state index contributed by atoms with van der Waals surface area (Å²) in [4.78, 5) is 10.5. The molecule has 1 fully saturated rings. The molecule has 0 aliphatic heterocycles. The van der Waals surface area contributed by atoms with Crippen LogP contribution in [0.4, 0.5) is 5.69 Å². The average molecular weight is 285 g/mol. The summed E-state index contributed by atoms with van der Waals surface area (Å²) in [5.41, 5.74) is 0.932. The van der Waals surface area contributed by atoms with Crippen LogP contribution in [0.5, 0.6) is 0 Å².